The van der Waals surface area contributed by atoms with Crippen LogP contribution in [0.4, 0.5) is 0 Å². The zero-order valence-corrected chi connectivity index (χ0v) is 20.0. The molecule has 0 aliphatic heterocycles. The lowest BCUT2D eigenvalue weighted by molar-refractivity contribution is 0.235. The van der Waals surface area contributed by atoms with Gasteiger partial charge in [0, 0.05) is 14.7 Å². The average Bonchev–Trinajstić information content (AvgIpc) is 2.74. The zero-order valence-electron chi connectivity index (χ0n) is 18.4. The Hall–Kier alpha value is -2.39. The second-order valence-corrected chi connectivity index (χ2v) is 10.1. The summed E-state index contributed by atoms with van der Waals surface area (Å²) in [6, 6.07) is 21.9. The third-order valence-corrected chi connectivity index (χ3v) is 5.93. The van der Waals surface area contributed by atoms with Gasteiger partial charge in [0.05, 0.1) is 29.4 Å². The fourth-order valence-corrected chi connectivity index (χ4v) is 4.65. The minimum Gasteiger partial charge on any atom is -0.501 e. The normalized spacial score (nSPS) is 14.1. The highest BCUT2D eigenvalue weighted by molar-refractivity contribution is 8.03. The molecule has 5 heteroatoms. The molecule has 1 unspecified atom stereocenters. The van der Waals surface area contributed by atoms with Crippen LogP contribution in [0.2, 0.25) is 0 Å². The summed E-state index contributed by atoms with van der Waals surface area (Å²) in [5.74, 6) is 0. The first kappa shape index (κ1) is 24.9. The highest BCUT2D eigenvalue weighted by atomic mass is 32.2. The molecule has 0 bridgehead atoms. The second-order valence-electron chi connectivity index (χ2n) is 7.83. The number of allylic oxidation sites excluding steroid dienone is 2. The predicted octanol–water partition coefficient (Wildman–Crippen LogP) is 7.19. The van der Waals surface area contributed by atoms with E-state index in [2.05, 4.69) is 32.9 Å². The lowest BCUT2D eigenvalue weighted by Crippen LogP contribution is -2.12. The number of rotatable bonds is 9. The molecule has 31 heavy (non-hydrogen) atoms. The molecule has 162 valence electrons. The van der Waals surface area contributed by atoms with Gasteiger partial charge in [-0.3, -0.25) is 0 Å². The van der Waals surface area contributed by atoms with Gasteiger partial charge in [-0.15, -0.1) is 0 Å². The molecule has 1 atom stereocenters. The summed E-state index contributed by atoms with van der Waals surface area (Å²) in [4.78, 5) is 3.52. The van der Waals surface area contributed by atoms with Gasteiger partial charge in [-0.25, -0.2) is 0 Å². The molecule has 3 nitrogen and oxygen atoms in total. The van der Waals surface area contributed by atoms with E-state index < -0.39 is 6.10 Å². The maximum absolute atomic E-state index is 11.1. The van der Waals surface area contributed by atoms with Gasteiger partial charge in [-0.2, -0.15) is 5.26 Å². The number of nitriles is 1. The molecule has 0 fully saturated rings. The van der Waals surface area contributed by atoms with Crippen LogP contribution >= 0.6 is 23.5 Å². The lowest BCUT2D eigenvalue weighted by atomic mass is 9.96. The summed E-state index contributed by atoms with van der Waals surface area (Å²) < 4.78 is 5.47. The van der Waals surface area contributed by atoms with Crippen LogP contribution in [0.1, 0.15) is 27.7 Å². The molecule has 0 saturated carbocycles. The molecule has 0 amide bonds. The molecule has 1 N–H and O–H groups in total. The summed E-state index contributed by atoms with van der Waals surface area (Å²) >= 11 is 2.97. The average molecular weight is 452 g/mol. The number of aliphatic hydroxyl groups is 1. The van der Waals surface area contributed by atoms with Gasteiger partial charge in [-0.1, -0.05) is 86.8 Å². The maximum atomic E-state index is 11.1. The Labute approximate surface area is 194 Å². The molecule has 2 aromatic carbocycles. The van der Waals surface area contributed by atoms with E-state index in [9.17, 15) is 10.4 Å². The number of ether oxygens (including phenoxy) is 1. The Morgan fingerprint density at radius 1 is 1.03 bits per heavy atom. The first-order valence-electron chi connectivity index (χ1n) is 10.1. The van der Waals surface area contributed by atoms with Crippen molar-refractivity contribution >= 4 is 23.5 Å². The first-order valence-corrected chi connectivity index (χ1v) is 11.8. The fourth-order valence-electron chi connectivity index (χ4n) is 2.57. The van der Waals surface area contributed by atoms with E-state index in [0.29, 0.717) is 11.5 Å². The van der Waals surface area contributed by atoms with Crippen molar-refractivity contribution in [2.75, 3.05) is 6.61 Å². The third-order valence-electron chi connectivity index (χ3n) is 3.89. The number of hydrogen-bond donors (Lipinski definition) is 1. The van der Waals surface area contributed by atoms with Crippen molar-refractivity contribution in [3.8, 4) is 6.07 Å². The molecule has 0 heterocycles. The number of nitrogens with zero attached hydrogens (tertiary/aromatic N) is 1. The summed E-state index contributed by atoms with van der Waals surface area (Å²) in [6.45, 7) is 8.70. The van der Waals surface area contributed by atoms with Gasteiger partial charge in [0.1, 0.15) is 6.10 Å². The van der Waals surface area contributed by atoms with E-state index >= 15 is 0 Å². The quantitative estimate of drug-likeness (QED) is 0.189. The number of aliphatic hydroxyl groups excluding tert-OH is 1. The van der Waals surface area contributed by atoms with Crippen molar-refractivity contribution in [2.24, 2.45) is 5.41 Å². The van der Waals surface area contributed by atoms with Gasteiger partial charge >= 0.3 is 0 Å². The van der Waals surface area contributed by atoms with Gasteiger partial charge in [0.15, 0.2) is 0 Å². The first-order chi connectivity index (χ1) is 14.8. The summed E-state index contributed by atoms with van der Waals surface area (Å²) in [7, 11) is 0. The molecule has 2 rings (SSSR count). The second kappa shape index (κ2) is 12.5. The monoisotopic (exact) mass is 451 g/mol. The SMILES string of the molecule is CCO/C=C(/Sc1ccccc1)C(O)/C(C#N)=C/C(=C/C(C)(C)C)Sc1ccccc1. The van der Waals surface area contributed by atoms with Crippen LogP contribution in [0.25, 0.3) is 0 Å². The summed E-state index contributed by atoms with van der Waals surface area (Å²) in [6.07, 6.45) is 4.36. The van der Waals surface area contributed by atoms with Crippen molar-refractivity contribution in [1.82, 2.24) is 0 Å². The van der Waals surface area contributed by atoms with Crippen molar-refractivity contribution in [2.45, 2.75) is 43.6 Å². The van der Waals surface area contributed by atoms with Crippen LogP contribution in [-0.4, -0.2) is 17.8 Å². The molecular formula is C26H29NO2S2. The van der Waals surface area contributed by atoms with Crippen LogP contribution < -0.4 is 0 Å². The number of hydrogen-bond acceptors (Lipinski definition) is 5. The van der Waals surface area contributed by atoms with E-state index in [1.165, 1.54) is 11.8 Å². The Morgan fingerprint density at radius 2 is 1.58 bits per heavy atom. The Balaban J connectivity index is 2.38. The van der Waals surface area contributed by atoms with E-state index in [1.54, 1.807) is 24.1 Å². The van der Waals surface area contributed by atoms with Gasteiger partial charge in [0.2, 0.25) is 0 Å². The van der Waals surface area contributed by atoms with E-state index in [0.717, 1.165) is 14.7 Å². The van der Waals surface area contributed by atoms with Crippen molar-refractivity contribution in [3.05, 3.63) is 94.5 Å². The van der Waals surface area contributed by atoms with Crippen LogP contribution in [-0.2, 0) is 4.74 Å². The topological polar surface area (TPSA) is 53.2 Å². The van der Waals surface area contributed by atoms with E-state index in [-0.39, 0.29) is 11.0 Å². The summed E-state index contributed by atoms with van der Waals surface area (Å²) in [5, 5.41) is 20.9. The van der Waals surface area contributed by atoms with Crippen molar-refractivity contribution < 1.29 is 9.84 Å². The summed E-state index contributed by atoms with van der Waals surface area (Å²) in [5.41, 5.74) is 0.190. The van der Waals surface area contributed by atoms with Crippen molar-refractivity contribution in [3.63, 3.8) is 0 Å². The van der Waals surface area contributed by atoms with E-state index in [4.69, 9.17) is 4.74 Å². The Morgan fingerprint density at radius 3 is 2.06 bits per heavy atom. The molecule has 2 aromatic rings. The largest absolute Gasteiger partial charge is 0.501 e. The minimum absolute atomic E-state index is 0.0814. The zero-order chi connectivity index (χ0) is 22.7. The molecule has 0 radical (unpaired) electrons. The van der Waals surface area contributed by atoms with Crippen molar-refractivity contribution in [1.29, 1.82) is 5.26 Å². The molecular weight excluding hydrogens is 422 g/mol. The minimum atomic E-state index is -1.08. The van der Waals surface area contributed by atoms with E-state index in [1.807, 2.05) is 67.6 Å². The third kappa shape index (κ3) is 9.10. The van der Waals surface area contributed by atoms with Crippen LogP contribution in [0.3, 0.4) is 0 Å². The van der Waals surface area contributed by atoms with Gasteiger partial charge in [-0.05, 0) is 42.7 Å². The maximum Gasteiger partial charge on any atom is 0.123 e. The molecule has 0 aliphatic rings. The molecule has 0 aliphatic carbocycles. The smallest absolute Gasteiger partial charge is 0.123 e. The fraction of sp³-hybridized carbons (Fsp3) is 0.269. The van der Waals surface area contributed by atoms with Crippen LogP contribution in [0.5, 0.6) is 0 Å². The Kier molecular flexibility index (Phi) is 10.00. The Bertz CT molecular complexity index is 952. The van der Waals surface area contributed by atoms with Gasteiger partial charge < -0.3 is 9.84 Å². The molecule has 0 spiro atoms. The van der Waals surface area contributed by atoms with Gasteiger partial charge in [0.25, 0.3) is 0 Å². The number of thioether (sulfide) groups is 2. The van der Waals surface area contributed by atoms with Crippen LogP contribution in [0.15, 0.2) is 104 Å². The van der Waals surface area contributed by atoms with Crippen LogP contribution in [0, 0.1) is 16.7 Å². The highest BCUT2D eigenvalue weighted by Gasteiger charge is 2.20. The highest BCUT2D eigenvalue weighted by Crippen LogP contribution is 2.35. The molecule has 0 aromatic heterocycles. The lowest BCUT2D eigenvalue weighted by Gasteiger charge is -2.17. The molecule has 0 saturated heterocycles. The predicted molar refractivity (Wildman–Crippen MR) is 132 cm³/mol. The number of benzene rings is 2. The standard InChI is InChI=1S/C26H29NO2S2/c1-5-29-19-24(31-22-14-10-7-11-15-22)25(28)20(18-27)16-23(17-26(2,3)4)30-21-12-8-6-9-13-21/h6-17,19,25,28H,5H2,1-4H3/b20-16+,23-17-,24-19+.